The maximum Gasteiger partial charge on any atom is 0.416 e. The molecule has 31 heavy (non-hydrogen) atoms. The van der Waals surface area contributed by atoms with E-state index in [1.165, 1.54) is 10.4 Å². The third kappa shape index (κ3) is 6.42. The minimum atomic E-state index is -4.61. The smallest absolute Gasteiger partial charge is 0.416 e. The molecule has 0 radical (unpaired) electrons. The number of nitrogens with one attached hydrogen (secondary N) is 1. The van der Waals surface area contributed by atoms with Gasteiger partial charge in [0, 0.05) is 4.47 Å². The Bertz CT molecular complexity index is 996. The zero-order valence-electron chi connectivity index (χ0n) is 16.5. The Morgan fingerprint density at radius 2 is 1.81 bits per heavy atom. The molecule has 11 heteroatoms. The van der Waals surface area contributed by atoms with E-state index >= 15 is 0 Å². The average Bonchev–Trinajstić information content (AvgIpc) is 2.72. The average molecular weight is 524 g/mol. The van der Waals surface area contributed by atoms with Crippen molar-refractivity contribution in [1.82, 2.24) is 4.31 Å². The predicted octanol–water partition coefficient (Wildman–Crippen LogP) is 1.80. The molecule has 2 aromatic carbocycles. The first-order chi connectivity index (χ1) is 14.6. The van der Waals surface area contributed by atoms with Gasteiger partial charge < -0.3 is 14.7 Å². The molecule has 3 rings (SSSR count). The number of halogens is 4. The quantitative estimate of drug-likeness (QED) is 0.580. The molecule has 2 N–H and O–H groups in total. The lowest BCUT2D eigenvalue weighted by Crippen LogP contribution is -3.15. The van der Waals surface area contributed by atoms with Crippen LogP contribution < -0.4 is 9.64 Å². The van der Waals surface area contributed by atoms with E-state index in [1.807, 2.05) is 12.1 Å². The van der Waals surface area contributed by atoms with Crippen LogP contribution in [-0.2, 0) is 16.2 Å². The van der Waals surface area contributed by atoms with Gasteiger partial charge in [0.2, 0.25) is 10.0 Å². The van der Waals surface area contributed by atoms with E-state index in [1.54, 1.807) is 12.1 Å². The van der Waals surface area contributed by atoms with E-state index in [9.17, 15) is 26.7 Å². The summed E-state index contributed by atoms with van der Waals surface area (Å²) in [5.74, 6) is 0.625. The van der Waals surface area contributed by atoms with Crippen LogP contribution in [0.15, 0.2) is 57.9 Å². The Morgan fingerprint density at radius 1 is 1.13 bits per heavy atom. The van der Waals surface area contributed by atoms with Gasteiger partial charge in [-0.1, -0.05) is 28.1 Å². The molecular weight excluding hydrogens is 501 g/mol. The van der Waals surface area contributed by atoms with Crippen LogP contribution in [0.25, 0.3) is 0 Å². The fourth-order valence-corrected chi connectivity index (χ4v) is 5.24. The highest BCUT2D eigenvalue weighted by Gasteiger charge is 2.35. The van der Waals surface area contributed by atoms with Crippen molar-refractivity contribution in [2.24, 2.45) is 0 Å². The van der Waals surface area contributed by atoms with Crippen molar-refractivity contribution in [3.05, 3.63) is 58.6 Å². The van der Waals surface area contributed by atoms with Gasteiger partial charge in [0.25, 0.3) is 0 Å². The lowest BCUT2D eigenvalue weighted by molar-refractivity contribution is -0.906. The second kappa shape index (κ2) is 9.86. The molecule has 6 nitrogen and oxygen atoms in total. The predicted molar refractivity (Wildman–Crippen MR) is 111 cm³/mol. The third-order valence-corrected chi connectivity index (χ3v) is 7.38. The number of piperazine rings is 1. The van der Waals surface area contributed by atoms with Crippen LogP contribution in [-0.4, -0.2) is 63.3 Å². The minimum absolute atomic E-state index is 0.103. The summed E-state index contributed by atoms with van der Waals surface area (Å²) >= 11 is 3.34. The van der Waals surface area contributed by atoms with E-state index in [2.05, 4.69) is 15.9 Å². The van der Waals surface area contributed by atoms with E-state index in [4.69, 9.17) is 4.74 Å². The molecule has 0 aliphatic carbocycles. The fourth-order valence-electron chi connectivity index (χ4n) is 3.37. The summed E-state index contributed by atoms with van der Waals surface area (Å²) in [4.78, 5) is 0.633. The molecule has 0 saturated carbocycles. The Morgan fingerprint density at radius 3 is 2.45 bits per heavy atom. The van der Waals surface area contributed by atoms with Crippen molar-refractivity contribution < 1.29 is 36.3 Å². The summed E-state index contributed by atoms with van der Waals surface area (Å²) < 4.78 is 71.9. The largest absolute Gasteiger partial charge is 0.491 e. The molecule has 1 heterocycles. The van der Waals surface area contributed by atoms with Crippen molar-refractivity contribution in [2.75, 3.05) is 39.3 Å². The zero-order chi connectivity index (χ0) is 22.6. The molecule has 0 aromatic heterocycles. The Hall–Kier alpha value is -1.66. The SMILES string of the molecule is O=S(=O)(c1cccc(C(F)(F)F)c1)N1CC[NH+](C[C@@H](O)COc2cccc(Br)c2)CC1. The molecule has 170 valence electrons. The second-order valence-electron chi connectivity index (χ2n) is 7.31. The number of quaternary nitrogens is 1. The van der Waals surface area contributed by atoms with Gasteiger partial charge in [-0.15, -0.1) is 0 Å². The van der Waals surface area contributed by atoms with Crippen molar-refractivity contribution >= 4 is 26.0 Å². The molecule has 0 unspecified atom stereocenters. The van der Waals surface area contributed by atoms with Gasteiger partial charge >= 0.3 is 6.18 Å². The van der Waals surface area contributed by atoms with E-state index in [0.717, 1.165) is 21.5 Å². The highest BCUT2D eigenvalue weighted by Crippen LogP contribution is 2.31. The maximum atomic E-state index is 12.9. The fraction of sp³-hybridized carbons (Fsp3) is 0.400. The summed E-state index contributed by atoms with van der Waals surface area (Å²) in [6, 6.07) is 11.0. The van der Waals surface area contributed by atoms with Crippen LogP contribution in [0.2, 0.25) is 0 Å². The van der Waals surface area contributed by atoms with Crippen LogP contribution in [0.4, 0.5) is 13.2 Å². The van der Waals surface area contributed by atoms with Crippen molar-refractivity contribution in [2.45, 2.75) is 17.2 Å². The Labute approximate surface area is 187 Å². The van der Waals surface area contributed by atoms with Crippen molar-refractivity contribution in [3.8, 4) is 5.75 Å². The Balaban J connectivity index is 1.53. The zero-order valence-corrected chi connectivity index (χ0v) is 18.9. The third-order valence-electron chi connectivity index (χ3n) is 4.99. The molecule has 0 amide bonds. The molecule has 0 bridgehead atoms. The first kappa shape index (κ1) is 24.0. The lowest BCUT2D eigenvalue weighted by Gasteiger charge is -2.32. The van der Waals surface area contributed by atoms with Gasteiger partial charge in [-0.05, 0) is 36.4 Å². The number of sulfonamides is 1. The molecule has 1 saturated heterocycles. The van der Waals surface area contributed by atoms with Crippen LogP contribution in [0.1, 0.15) is 5.56 Å². The molecule has 2 aromatic rings. The summed E-state index contributed by atoms with van der Waals surface area (Å²) in [6.07, 6.45) is -5.34. The Kier molecular flexibility index (Phi) is 7.63. The number of hydrogen-bond donors (Lipinski definition) is 2. The molecule has 1 aliphatic rings. The van der Waals surface area contributed by atoms with Crippen LogP contribution >= 0.6 is 15.9 Å². The number of ether oxygens (including phenoxy) is 1. The molecule has 1 fully saturated rings. The van der Waals surface area contributed by atoms with E-state index in [-0.39, 0.29) is 24.6 Å². The topological polar surface area (TPSA) is 71.3 Å². The highest BCUT2D eigenvalue weighted by atomic mass is 79.9. The number of aliphatic hydroxyl groups excluding tert-OH is 1. The highest BCUT2D eigenvalue weighted by molar-refractivity contribution is 9.10. The van der Waals surface area contributed by atoms with Gasteiger partial charge in [-0.25, -0.2) is 8.42 Å². The van der Waals surface area contributed by atoms with Crippen molar-refractivity contribution in [1.29, 1.82) is 0 Å². The number of alkyl halides is 3. The number of aliphatic hydroxyl groups is 1. The van der Waals surface area contributed by atoms with Gasteiger partial charge in [0.15, 0.2) is 0 Å². The van der Waals surface area contributed by atoms with Crippen LogP contribution in [0, 0.1) is 0 Å². The summed E-state index contributed by atoms with van der Waals surface area (Å²) in [6.45, 7) is 1.68. The number of hydrogen-bond acceptors (Lipinski definition) is 4. The van der Waals surface area contributed by atoms with Gasteiger partial charge in [-0.3, -0.25) is 0 Å². The van der Waals surface area contributed by atoms with Gasteiger partial charge in [-0.2, -0.15) is 17.5 Å². The van der Waals surface area contributed by atoms with Gasteiger partial charge in [0.1, 0.15) is 25.0 Å². The molecular formula is C20H23BrF3N2O4S+. The monoisotopic (exact) mass is 523 g/mol. The lowest BCUT2D eigenvalue weighted by atomic mass is 10.2. The summed E-state index contributed by atoms with van der Waals surface area (Å²) in [5, 5.41) is 10.2. The van der Waals surface area contributed by atoms with E-state index < -0.39 is 27.9 Å². The maximum absolute atomic E-state index is 12.9. The normalized spacial score (nSPS) is 17.5. The molecule has 0 spiro atoms. The van der Waals surface area contributed by atoms with E-state index in [0.29, 0.717) is 31.5 Å². The second-order valence-corrected chi connectivity index (χ2v) is 10.2. The molecule has 1 aliphatic heterocycles. The van der Waals surface area contributed by atoms with Crippen molar-refractivity contribution in [3.63, 3.8) is 0 Å². The van der Waals surface area contributed by atoms with Gasteiger partial charge in [0.05, 0.1) is 36.6 Å². The minimum Gasteiger partial charge on any atom is -0.491 e. The molecule has 1 atom stereocenters. The number of rotatable bonds is 7. The standard InChI is InChI=1S/C20H22BrF3N2O4S/c21-16-4-2-5-18(12-16)30-14-17(27)13-25-7-9-26(10-8-25)31(28,29)19-6-1-3-15(11-19)20(22,23)24/h1-6,11-12,17,27H,7-10,13-14H2/p+1/t17-/m1/s1. The summed E-state index contributed by atoms with van der Waals surface area (Å²) in [7, 11) is -4.02. The first-order valence-corrected chi connectivity index (χ1v) is 11.9. The first-order valence-electron chi connectivity index (χ1n) is 9.63. The summed E-state index contributed by atoms with van der Waals surface area (Å²) in [5.41, 5.74) is -0.994. The van der Waals surface area contributed by atoms with Crippen LogP contribution in [0.3, 0.4) is 0 Å². The number of benzene rings is 2. The van der Waals surface area contributed by atoms with Crippen LogP contribution in [0.5, 0.6) is 5.75 Å². The number of nitrogens with zero attached hydrogens (tertiary/aromatic N) is 1.